The van der Waals surface area contributed by atoms with E-state index in [1.165, 1.54) is 23.3 Å². The smallest absolute Gasteiger partial charge is 0.237 e. The third-order valence-electron chi connectivity index (χ3n) is 4.39. The first-order valence-electron chi connectivity index (χ1n) is 8.03. The van der Waals surface area contributed by atoms with E-state index in [4.69, 9.17) is 4.74 Å². The second-order valence-electron chi connectivity index (χ2n) is 5.93. The van der Waals surface area contributed by atoms with E-state index in [9.17, 15) is 9.18 Å². The molecule has 1 amide bonds. The van der Waals surface area contributed by atoms with Crippen molar-refractivity contribution in [3.8, 4) is 0 Å². The maximum Gasteiger partial charge on any atom is 0.237 e. The highest BCUT2D eigenvalue weighted by Crippen LogP contribution is 2.18. The summed E-state index contributed by atoms with van der Waals surface area (Å²) in [5.74, 6) is -0.337. The van der Waals surface area contributed by atoms with Crippen molar-refractivity contribution < 1.29 is 13.9 Å². The van der Waals surface area contributed by atoms with Crippen molar-refractivity contribution in [1.82, 2.24) is 10.6 Å². The first kappa shape index (κ1) is 16.6. The Morgan fingerprint density at radius 1 is 1.25 bits per heavy atom. The lowest BCUT2D eigenvalue weighted by atomic mass is 9.95. The lowest BCUT2D eigenvalue weighted by Crippen LogP contribution is -2.48. The molecule has 2 atom stereocenters. The van der Waals surface area contributed by atoms with Crippen molar-refractivity contribution in [3.63, 3.8) is 0 Å². The molecule has 0 unspecified atom stereocenters. The Bertz CT molecular complexity index is 703. The largest absolute Gasteiger partial charge is 0.375 e. The molecule has 0 spiro atoms. The number of benzene rings is 2. The van der Waals surface area contributed by atoms with Crippen LogP contribution >= 0.6 is 0 Å². The summed E-state index contributed by atoms with van der Waals surface area (Å²) >= 11 is 0. The fourth-order valence-corrected chi connectivity index (χ4v) is 2.97. The molecule has 5 heteroatoms. The summed E-state index contributed by atoms with van der Waals surface area (Å²) in [7, 11) is 1.58. The van der Waals surface area contributed by atoms with Gasteiger partial charge in [-0.2, -0.15) is 0 Å². The van der Waals surface area contributed by atoms with Crippen molar-refractivity contribution in [2.24, 2.45) is 0 Å². The first-order valence-corrected chi connectivity index (χ1v) is 8.03. The number of carbonyl (C=O) groups excluding carboxylic acids is 1. The molecule has 4 nitrogen and oxygen atoms in total. The zero-order valence-corrected chi connectivity index (χ0v) is 13.6. The molecule has 2 aromatic rings. The Kier molecular flexibility index (Phi) is 5.23. The number of hydrogen-bond acceptors (Lipinski definition) is 3. The van der Waals surface area contributed by atoms with Crippen LogP contribution in [0.2, 0.25) is 0 Å². The third kappa shape index (κ3) is 3.80. The Labute approximate surface area is 141 Å². The van der Waals surface area contributed by atoms with Crippen LogP contribution in [-0.4, -0.2) is 25.6 Å². The number of carbonyl (C=O) groups is 1. The molecule has 1 heterocycles. The molecule has 2 N–H and O–H groups in total. The van der Waals surface area contributed by atoms with Gasteiger partial charge in [-0.25, -0.2) is 4.39 Å². The molecule has 24 heavy (non-hydrogen) atoms. The predicted octanol–water partition coefficient (Wildman–Crippen LogP) is 2.34. The van der Waals surface area contributed by atoms with Gasteiger partial charge in [0.2, 0.25) is 5.91 Å². The van der Waals surface area contributed by atoms with E-state index in [2.05, 4.69) is 22.8 Å². The van der Waals surface area contributed by atoms with Crippen LogP contribution in [0.4, 0.5) is 4.39 Å². The molecule has 1 aliphatic rings. The van der Waals surface area contributed by atoms with E-state index in [-0.39, 0.29) is 23.9 Å². The van der Waals surface area contributed by atoms with E-state index in [1.54, 1.807) is 19.2 Å². The zero-order chi connectivity index (χ0) is 16.9. The van der Waals surface area contributed by atoms with Crippen LogP contribution < -0.4 is 10.6 Å². The predicted molar refractivity (Wildman–Crippen MR) is 89.9 cm³/mol. The van der Waals surface area contributed by atoms with Crippen molar-refractivity contribution in [3.05, 3.63) is 71.0 Å². The average molecular weight is 328 g/mol. The van der Waals surface area contributed by atoms with E-state index in [1.807, 2.05) is 12.1 Å². The molecular formula is C19H21FN2O2. The normalized spacial score (nSPS) is 17.8. The summed E-state index contributed by atoms with van der Waals surface area (Å²) in [6.07, 6.45) is 0.376. The Morgan fingerprint density at radius 2 is 1.96 bits per heavy atom. The Hall–Kier alpha value is -2.24. The van der Waals surface area contributed by atoms with E-state index in [0.29, 0.717) is 19.5 Å². The highest BCUT2D eigenvalue weighted by Gasteiger charge is 2.24. The van der Waals surface area contributed by atoms with Crippen molar-refractivity contribution in [1.29, 1.82) is 0 Å². The first-order chi connectivity index (χ1) is 11.7. The summed E-state index contributed by atoms with van der Waals surface area (Å²) in [5, 5.41) is 6.19. The molecule has 2 aromatic carbocycles. The molecule has 0 fully saturated rings. The second kappa shape index (κ2) is 7.55. The van der Waals surface area contributed by atoms with Gasteiger partial charge in [0.25, 0.3) is 0 Å². The second-order valence-corrected chi connectivity index (χ2v) is 5.93. The summed E-state index contributed by atoms with van der Waals surface area (Å²) in [6.45, 7) is 1.04. The van der Waals surface area contributed by atoms with Crippen molar-refractivity contribution >= 4 is 5.91 Å². The standard InChI is InChI=1S/C19H21FN2O2/c1-24-18(13-6-8-16(20)9-7-13)12-22-19(23)17-10-14-4-2-3-5-15(14)11-21-17/h2-9,17-18,21H,10-12H2,1H3,(H,22,23)/t17-,18-/m1/s1. The number of halogens is 1. The van der Waals surface area contributed by atoms with E-state index >= 15 is 0 Å². The monoisotopic (exact) mass is 328 g/mol. The summed E-state index contributed by atoms with van der Waals surface area (Å²) in [4.78, 5) is 12.4. The average Bonchev–Trinajstić information content (AvgIpc) is 2.63. The number of ether oxygens (including phenoxy) is 1. The third-order valence-corrected chi connectivity index (χ3v) is 4.39. The lowest BCUT2D eigenvalue weighted by Gasteiger charge is -2.26. The highest BCUT2D eigenvalue weighted by atomic mass is 19.1. The molecule has 0 bridgehead atoms. The van der Waals surface area contributed by atoms with Crippen LogP contribution in [0.3, 0.4) is 0 Å². The minimum atomic E-state index is -0.301. The van der Waals surface area contributed by atoms with Gasteiger partial charge in [0.05, 0.1) is 12.1 Å². The molecule has 0 aromatic heterocycles. The molecule has 3 rings (SSSR count). The molecule has 0 radical (unpaired) electrons. The van der Waals surface area contributed by atoms with Crippen LogP contribution in [0.5, 0.6) is 0 Å². The Balaban J connectivity index is 1.58. The van der Waals surface area contributed by atoms with Gasteiger partial charge in [0, 0.05) is 20.2 Å². The SMILES string of the molecule is CO[C@H](CNC(=O)[C@H]1Cc2ccccc2CN1)c1ccc(F)cc1. The number of fused-ring (bicyclic) bond motifs is 1. The van der Waals surface area contributed by atoms with Gasteiger partial charge in [0.1, 0.15) is 5.82 Å². The molecule has 126 valence electrons. The zero-order valence-electron chi connectivity index (χ0n) is 13.6. The highest BCUT2D eigenvalue weighted by molar-refractivity contribution is 5.82. The maximum atomic E-state index is 13.0. The number of methoxy groups -OCH3 is 1. The molecule has 0 saturated carbocycles. The van der Waals surface area contributed by atoms with Crippen LogP contribution in [-0.2, 0) is 22.5 Å². The Morgan fingerprint density at radius 3 is 2.67 bits per heavy atom. The number of amides is 1. The summed E-state index contributed by atoms with van der Waals surface area (Å²) < 4.78 is 18.4. The molecular weight excluding hydrogens is 307 g/mol. The number of hydrogen-bond donors (Lipinski definition) is 2. The summed E-state index contributed by atoms with van der Waals surface area (Å²) in [6, 6.07) is 14.0. The van der Waals surface area contributed by atoms with Crippen molar-refractivity contribution in [2.75, 3.05) is 13.7 Å². The molecule has 0 aliphatic carbocycles. The van der Waals surface area contributed by atoms with Crippen molar-refractivity contribution in [2.45, 2.75) is 25.1 Å². The van der Waals surface area contributed by atoms with Gasteiger partial charge >= 0.3 is 0 Å². The minimum absolute atomic E-state index is 0.0475. The quantitative estimate of drug-likeness (QED) is 0.886. The minimum Gasteiger partial charge on any atom is -0.375 e. The number of rotatable bonds is 5. The van der Waals surface area contributed by atoms with Gasteiger partial charge in [-0.05, 0) is 35.2 Å². The maximum absolute atomic E-state index is 13.0. The number of nitrogens with one attached hydrogen (secondary N) is 2. The lowest BCUT2D eigenvalue weighted by molar-refractivity contribution is -0.123. The fraction of sp³-hybridized carbons (Fsp3) is 0.316. The topological polar surface area (TPSA) is 50.4 Å². The van der Waals surface area contributed by atoms with Crippen LogP contribution in [0, 0.1) is 5.82 Å². The van der Waals surface area contributed by atoms with Gasteiger partial charge < -0.3 is 15.4 Å². The van der Waals surface area contributed by atoms with Crippen LogP contribution in [0.15, 0.2) is 48.5 Å². The van der Waals surface area contributed by atoms with Gasteiger partial charge in [-0.1, -0.05) is 36.4 Å². The van der Waals surface area contributed by atoms with Gasteiger partial charge in [-0.15, -0.1) is 0 Å². The van der Waals surface area contributed by atoms with Crippen LogP contribution in [0.1, 0.15) is 22.8 Å². The van der Waals surface area contributed by atoms with Gasteiger partial charge in [0.15, 0.2) is 0 Å². The van der Waals surface area contributed by atoms with E-state index in [0.717, 1.165) is 5.56 Å². The summed E-state index contributed by atoms with van der Waals surface area (Å²) in [5.41, 5.74) is 3.28. The fourth-order valence-electron chi connectivity index (χ4n) is 2.97. The van der Waals surface area contributed by atoms with E-state index < -0.39 is 0 Å². The molecule has 0 saturated heterocycles. The van der Waals surface area contributed by atoms with Gasteiger partial charge in [-0.3, -0.25) is 4.79 Å². The van der Waals surface area contributed by atoms with Crippen LogP contribution in [0.25, 0.3) is 0 Å². The molecule has 1 aliphatic heterocycles.